The molecule has 1 amide bonds. The highest BCUT2D eigenvalue weighted by Gasteiger charge is 2.21. The topological polar surface area (TPSA) is 115 Å². The lowest BCUT2D eigenvalue weighted by molar-refractivity contribution is -0.303. The maximum Gasteiger partial charge on any atom is 0.261 e. The van der Waals surface area contributed by atoms with E-state index in [2.05, 4.69) is 5.32 Å². The van der Waals surface area contributed by atoms with Crippen molar-refractivity contribution in [2.24, 2.45) is 0 Å². The molecule has 2 N–H and O–H groups in total. The van der Waals surface area contributed by atoms with Gasteiger partial charge in [-0.2, -0.15) is 0 Å². The third-order valence-corrected chi connectivity index (χ3v) is 4.73. The number of hydrogen-bond donors (Lipinski definition) is 2. The van der Waals surface area contributed by atoms with Gasteiger partial charge in [0.1, 0.15) is 0 Å². The minimum atomic E-state index is -3.95. The minimum Gasteiger partial charge on any atom is -0.549 e. The maximum atomic E-state index is 11.8. The second kappa shape index (κ2) is 5.46. The number of carboxylic acid groups (broad SMARTS) is 1. The van der Waals surface area contributed by atoms with Crippen LogP contribution in [0.25, 0.3) is 0 Å². The smallest absolute Gasteiger partial charge is 0.261 e. The molecule has 0 fully saturated rings. The molecule has 0 aliphatic rings. The van der Waals surface area contributed by atoms with Crippen LogP contribution in [0.1, 0.15) is 14.5 Å². The molecular formula is C9H11N2O5S2-. The summed E-state index contributed by atoms with van der Waals surface area (Å²) >= 11 is 1.01. The van der Waals surface area contributed by atoms with E-state index in [0.717, 1.165) is 11.3 Å². The Balaban J connectivity index is 3.06. The van der Waals surface area contributed by atoms with Crippen LogP contribution in [0.5, 0.6) is 0 Å². The first-order valence-electron chi connectivity index (χ1n) is 4.80. The highest BCUT2D eigenvalue weighted by Crippen LogP contribution is 2.25. The van der Waals surface area contributed by atoms with Gasteiger partial charge in [0.15, 0.2) is 0 Å². The van der Waals surface area contributed by atoms with Crippen molar-refractivity contribution in [1.29, 1.82) is 0 Å². The van der Waals surface area contributed by atoms with Crippen molar-refractivity contribution < 1.29 is 23.1 Å². The van der Waals surface area contributed by atoms with Crippen LogP contribution >= 0.6 is 11.3 Å². The van der Waals surface area contributed by atoms with Crippen LogP contribution in [0.3, 0.4) is 0 Å². The molecule has 7 nitrogen and oxygen atoms in total. The normalized spacial score (nSPS) is 11.2. The summed E-state index contributed by atoms with van der Waals surface area (Å²) in [5.41, 5.74) is 0. The maximum absolute atomic E-state index is 11.8. The Hall–Kier alpha value is -1.45. The average Bonchev–Trinajstić information content (AvgIpc) is 2.68. The van der Waals surface area contributed by atoms with Crippen LogP contribution < -0.4 is 15.1 Å². The summed E-state index contributed by atoms with van der Waals surface area (Å²) in [6, 6.07) is 1.20. The standard InChI is InChI=1S/C9H12N2O5S2/c1-5-7(3-6(17-5)9(14)10-2)18(15,16)11-4-8(12)13/h3,11H,4H2,1-2H3,(H,10,14)(H,12,13)/p-1. The molecule has 9 heteroatoms. The minimum absolute atomic E-state index is 0.104. The van der Waals surface area contributed by atoms with Gasteiger partial charge in [0.25, 0.3) is 5.91 Å². The lowest BCUT2D eigenvalue weighted by atomic mass is 10.4. The summed E-state index contributed by atoms with van der Waals surface area (Å²) in [7, 11) is -2.52. The van der Waals surface area contributed by atoms with E-state index in [1.165, 1.54) is 20.0 Å². The van der Waals surface area contributed by atoms with E-state index in [1.54, 1.807) is 0 Å². The van der Waals surface area contributed by atoms with Crippen molar-refractivity contribution in [3.05, 3.63) is 15.8 Å². The van der Waals surface area contributed by atoms with Gasteiger partial charge in [-0.15, -0.1) is 11.3 Å². The largest absolute Gasteiger partial charge is 0.549 e. The highest BCUT2D eigenvalue weighted by atomic mass is 32.2. The fourth-order valence-electron chi connectivity index (χ4n) is 1.20. The Labute approximate surface area is 108 Å². The Bertz CT molecular complexity index is 576. The number of sulfonamides is 1. The van der Waals surface area contributed by atoms with Crippen LogP contribution in [0.4, 0.5) is 0 Å². The van der Waals surface area contributed by atoms with Crippen LogP contribution in [0.15, 0.2) is 11.0 Å². The zero-order valence-corrected chi connectivity index (χ0v) is 11.3. The van der Waals surface area contributed by atoms with Gasteiger partial charge in [0.2, 0.25) is 10.0 Å². The molecule has 0 radical (unpaired) electrons. The molecular weight excluding hydrogens is 280 g/mol. The zero-order chi connectivity index (χ0) is 13.9. The molecule has 0 aliphatic heterocycles. The highest BCUT2D eigenvalue weighted by molar-refractivity contribution is 7.89. The summed E-state index contributed by atoms with van der Waals surface area (Å²) in [5.74, 6) is -1.93. The van der Waals surface area contributed by atoms with E-state index >= 15 is 0 Å². The summed E-state index contributed by atoms with van der Waals surface area (Å²) in [4.78, 5) is 22.1. The Kier molecular flexibility index (Phi) is 4.43. The van der Waals surface area contributed by atoms with E-state index < -0.39 is 28.4 Å². The Morgan fingerprint density at radius 3 is 2.56 bits per heavy atom. The van der Waals surface area contributed by atoms with E-state index in [9.17, 15) is 23.1 Å². The van der Waals surface area contributed by atoms with Crippen LogP contribution in [0, 0.1) is 6.92 Å². The van der Waals surface area contributed by atoms with Crippen LogP contribution in [-0.4, -0.2) is 33.9 Å². The number of carbonyl (C=O) groups is 2. The molecule has 0 aliphatic carbocycles. The van der Waals surface area contributed by atoms with Crippen molar-refractivity contribution in [3.8, 4) is 0 Å². The second-order valence-corrected chi connectivity index (χ2v) is 6.30. The molecule has 0 aromatic carbocycles. The summed E-state index contributed by atoms with van der Waals surface area (Å²) in [6.45, 7) is 0.720. The number of amides is 1. The molecule has 0 unspecified atom stereocenters. The number of rotatable bonds is 5. The van der Waals surface area contributed by atoms with Gasteiger partial charge in [-0.3, -0.25) is 4.79 Å². The van der Waals surface area contributed by atoms with Crippen molar-refractivity contribution >= 4 is 33.2 Å². The van der Waals surface area contributed by atoms with Crippen molar-refractivity contribution in [2.75, 3.05) is 13.6 Å². The summed E-state index contributed by atoms with van der Waals surface area (Å²) < 4.78 is 25.4. The quantitative estimate of drug-likeness (QED) is 0.681. The number of hydrogen-bond acceptors (Lipinski definition) is 6. The molecule has 100 valence electrons. The van der Waals surface area contributed by atoms with Crippen LogP contribution in [0.2, 0.25) is 0 Å². The predicted octanol–water partition coefficient (Wildman–Crippen LogP) is -1.56. The fourth-order valence-corrected chi connectivity index (χ4v) is 3.70. The number of carboxylic acids is 1. The Morgan fingerprint density at radius 2 is 2.06 bits per heavy atom. The third-order valence-electron chi connectivity index (χ3n) is 2.02. The molecule has 1 rings (SSSR count). The lowest BCUT2D eigenvalue weighted by Gasteiger charge is -2.06. The molecule has 0 bridgehead atoms. The third kappa shape index (κ3) is 3.28. The van der Waals surface area contributed by atoms with E-state index in [1.807, 2.05) is 4.72 Å². The van der Waals surface area contributed by atoms with Gasteiger partial charge in [0, 0.05) is 11.9 Å². The number of aryl methyl sites for hydroxylation is 1. The van der Waals surface area contributed by atoms with Gasteiger partial charge in [-0.1, -0.05) is 0 Å². The number of aliphatic carboxylic acids is 1. The number of nitrogens with one attached hydrogen (secondary N) is 2. The van der Waals surface area contributed by atoms with E-state index in [0.29, 0.717) is 4.88 Å². The molecule has 0 spiro atoms. The fraction of sp³-hybridized carbons (Fsp3) is 0.333. The van der Waals surface area contributed by atoms with Crippen LogP contribution in [-0.2, 0) is 14.8 Å². The van der Waals surface area contributed by atoms with Crippen molar-refractivity contribution in [2.45, 2.75) is 11.8 Å². The SMILES string of the molecule is CNC(=O)c1cc(S(=O)(=O)NCC(=O)[O-])c(C)s1. The van der Waals surface area contributed by atoms with E-state index in [4.69, 9.17) is 0 Å². The zero-order valence-electron chi connectivity index (χ0n) is 9.64. The monoisotopic (exact) mass is 291 g/mol. The molecule has 1 aromatic heterocycles. The second-order valence-electron chi connectivity index (χ2n) is 3.31. The molecule has 0 atom stereocenters. The van der Waals surface area contributed by atoms with Gasteiger partial charge in [-0.25, -0.2) is 13.1 Å². The summed E-state index contributed by atoms with van der Waals surface area (Å²) in [6.07, 6.45) is 0. The van der Waals surface area contributed by atoms with Gasteiger partial charge >= 0.3 is 0 Å². The molecule has 0 saturated heterocycles. The first-order valence-corrected chi connectivity index (χ1v) is 7.10. The summed E-state index contributed by atoms with van der Waals surface area (Å²) in [5, 5.41) is 12.6. The number of thiophene rings is 1. The Morgan fingerprint density at radius 1 is 1.44 bits per heavy atom. The van der Waals surface area contributed by atoms with Gasteiger partial charge in [0.05, 0.1) is 22.3 Å². The average molecular weight is 291 g/mol. The van der Waals surface area contributed by atoms with Crippen molar-refractivity contribution in [1.82, 2.24) is 10.0 Å². The van der Waals surface area contributed by atoms with E-state index in [-0.39, 0.29) is 9.77 Å². The first kappa shape index (κ1) is 14.6. The number of carbonyl (C=O) groups excluding carboxylic acids is 2. The molecule has 1 aromatic rings. The lowest BCUT2D eigenvalue weighted by Crippen LogP contribution is -2.37. The first-order chi connectivity index (χ1) is 8.27. The van der Waals surface area contributed by atoms with Crippen molar-refractivity contribution in [3.63, 3.8) is 0 Å². The predicted molar refractivity (Wildman–Crippen MR) is 62.6 cm³/mol. The molecule has 18 heavy (non-hydrogen) atoms. The molecule has 0 saturated carbocycles. The van der Waals surface area contributed by atoms with Gasteiger partial charge < -0.3 is 15.2 Å². The molecule has 1 heterocycles. The van der Waals surface area contributed by atoms with Gasteiger partial charge in [-0.05, 0) is 13.0 Å².